The van der Waals surface area contributed by atoms with Crippen LogP contribution in [0.4, 0.5) is 0 Å². The predicted octanol–water partition coefficient (Wildman–Crippen LogP) is 2.55. The van der Waals surface area contributed by atoms with Crippen LogP contribution in [-0.2, 0) is 4.79 Å². The predicted molar refractivity (Wildman–Crippen MR) is 109 cm³/mol. The minimum atomic E-state index is -2.44. The molecule has 2 rings (SSSR count). The second kappa shape index (κ2) is 8.61. The van der Waals surface area contributed by atoms with Gasteiger partial charge in [-0.2, -0.15) is 0 Å². The van der Waals surface area contributed by atoms with E-state index < -0.39 is 20.3 Å². The second-order valence-electron chi connectivity index (χ2n) is 7.78. The highest BCUT2D eigenvalue weighted by Gasteiger charge is 2.49. The molecular weight excluding hydrogens is 340 g/mol. The Balaban J connectivity index is 2.59. The SMILES string of the molecule is CC(C)(C)[Si](CC(O)C(O)CC=C=O)(c1ccccc1)c1ccccc1. The van der Waals surface area contributed by atoms with Crippen molar-refractivity contribution in [3.05, 3.63) is 66.7 Å². The van der Waals surface area contributed by atoms with Crippen molar-refractivity contribution in [1.82, 2.24) is 0 Å². The molecule has 0 heterocycles. The Bertz CT molecular complexity index is 691. The van der Waals surface area contributed by atoms with Crippen LogP contribution in [0, 0.1) is 0 Å². The third kappa shape index (κ3) is 4.22. The van der Waals surface area contributed by atoms with Crippen LogP contribution >= 0.6 is 0 Å². The van der Waals surface area contributed by atoms with Crippen LogP contribution in [0.1, 0.15) is 27.2 Å². The van der Waals surface area contributed by atoms with Gasteiger partial charge in [-0.3, -0.25) is 0 Å². The Labute approximate surface area is 157 Å². The van der Waals surface area contributed by atoms with Gasteiger partial charge in [-0.05, 0) is 11.1 Å². The van der Waals surface area contributed by atoms with Gasteiger partial charge in [-0.15, -0.1) is 0 Å². The van der Waals surface area contributed by atoms with Gasteiger partial charge < -0.3 is 10.2 Å². The van der Waals surface area contributed by atoms with E-state index in [1.807, 2.05) is 36.4 Å². The summed E-state index contributed by atoms with van der Waals surface area (Å²) in [7, 11) is -2.44. The van der Waals surface area contributed by atoms with E-state index in [4.69, 9.17) is 0 Å². The average Bonchev–Trinajstić information content (AvgIpc) is 2.64. The lowest BCUT2D eigenvalue weighted by Gasteiger charge is -2.45. The van der Waals surface area contributed by atoms with E-state index in [0.29, 0.717) is 6.04 Å². The molecule has 0 saturated heterocycles. The van der Waals surface area contributed by atoms with Gasteiger partial charge in [0.1, 0.15) is 14.0 Å². The topological polar surface area (TPSA) is 57.5 Å². The summed E-state index contributed by atoms with van der Waals surface area (Å²) in [6.07, 6.45) is -0.536. The van der Waals surface area contributed by atoms with E-state index in [9.17, 15) is 15.0 Å². The summed E-state index contributed by atoms with van der Waals surface area (Å²) in [5.74, 6) is 1.68. The second-order valence-corrected chi connectivity index (χ2v) is 12.7. The van der Waals surface area contributed by atoms with Crippen LogP contribution < -0.4 is 10.4 Å². The van der Waals surface area contributed by atoms with E-state index >= 15 is 0 Å². The molecule has 2 aromatic rings. The Morgan fingerprint density at radius 1 is 0.923 bits per heavy atom. The van der Waals surface area contributed by atoms with Gasteiger partial charge in [0.2, 0.25) is 0 Å². The molecule has 0 aliphatic carbocycles. The van der Waals surface area contributed by atoms with Crippen LogP contribution in [0.3, 0.4) is 0 Å². The first kappa shape index (κ1) is 20.3. The van der Waals surface area contributed by atoms with Crippen molar-refractivity contribution >= 4 is 24.4 Å². The minimum Gasteiger partial charge on any atom is -0.391 e. The van der Waals surface area contributed by atoms with E-state index in [-0.39, 0.29) is 11.5 Å². The van der Waals surface area contributed by atoms with Gasteiger partial charge in [-0.25, -0.2) is 4.79 Å². The largest absolute Gasteiger partial charge is 0.391 e. The van der Waals surface area contributed by atoms with Crippen molar-refractivity contribution in [1.29, 1.82) is 0 Å². The van der Waals surface area contributed by atoms with Gasteiger partial charge >= 0.3 is 0 Å². The Kier molecular flexibility index (Phi) is 6.73. The molecule has 0 radical (unpaired) electrons. The molecule has 0 aromatic heterocycles. The fourth-order valence-electron chi connectivity index (χ4n) is 3.80. The van der Waals surface area contributed by atoms with Crippen molar-refractivity contribution in [2.45, 2.75) is 50.5 Å². The van der Waals surface area contributed by atoms with Gasteiger partial charge in [0.25, 0.3) is 0 Å². The third-order valence-electron chi connectivity index (χ3n) is 5.22. The molecule has 0 spiro atoms. The number of rotatable bonds is 7. The van der Waals surface area contributed by atoms with Crippen LogP contribution in [0.5, 0.6) is 0 Å². The fraction of sp³-hybridized carbons (Fsp3) is 0.364. The zero-order valence-corrected chi connectivity index (χ0v) is 16.7. The van der Waals surface area contributed by atoms with Crippen molar-refractivity contribution in [3.8, 4) is 0 Å². The standard InChI is InChI=1S/C22H28O3Si/c1-22(2,3)26(18-11-6-4-7-12-18,19-13-8-5-9-14-19)17-21(25)20(24)15-10-16-23/h4-14,20-21,24-25H,15,17H2,1-3H3. The summed E-state index contributed by atoms with van der Waals surface area (Å²) >= 11 is 0. The highest BCUT2D eigenvalue weighted by atomic mass is 28.3. The number of aliphatic hydroxyl groups excluding tert-OH is 2. The number of hydrogen-bond donors (Lipinski definition) is 2. The maximum atomic E-state index is 10.8. The number of carbonyl (C=O) groups excluding carboxylic acids is 1. The first-order valence-electron chi connectivity index (χ1n) is 8.99. The molecule has 0 aliphatic rings. The fourth-order valence-corrected chi connectivity index (χ4v) is 9.37. The molecule has 2 unspecified atom stereocenters. The molecule has 2 atom stereocenters. The van der Waals surface area contributed by atoms with Crippen molar-refractivity contribution in [2.24, 2.45) is 0 Å². The van der Waals surface area contributed by atoms with Gasteiger partial charge in [0.15, 0.2) is 0 Å². The molecule has 0 fully saturated rings. The molecule has 138 valence electrons. The summed E-state index contributed by atoms with van der Waals surface area (Å²) in [5, 5.41) is 23.5. The monoisotopic (exact) mass is 368 g/mol. The van der Waals surface area contributed by atoms with Gasteiger partial charge in [0, 0.05) is 12.5 Å². The highest BCUT2D eigenvalue weighted by Crippen LogP contribution is 2.39. The lowest BCUT2D eigenvalue weighted by atomic mass is 10.1. The molecule has 2 aromatic carbocycles. The third-order valence-corrected chi connectivity index (χ3v) is 11.4. The van der Waals surface area contributed by atoms with E-state index in [1.165, 1.54) is 16.4 Å². The zero-order valence-electron chi connectivity index (χ0n) is 15.7. The van der Waals surface area contributed by atoms with E-state index in [0.717, 1.165) is 0 Å². The van der Waals surface area contributed by atoms with E-state index in [2.05, 4.69) is 45.0 Å². The molecule has 26 heavy (non-hydrogen) atoms. The summed E-state index contributed by atoms with van der Waals surface area (Å²) in [6.45, 7) is 6.64. The van der Waals surface area contributed by atoms with Crippen molar-refractivity contribution in [2.75, 3.05) is 0 Å². The minimum absolute atomic E-state index is 0.0864. The summed E-state index contributed by atoms with van der Waals surface area (Å²) in [5.41, 5.74) is 0. The number of aliphatic hydroxyl groups is 2. The summed E-state index contributed by atoms with van der Waals surface area (Å²) in [4.78, 5) is 10.5. The molecule has 0 aliphatic heterocycles. The van der Waals surface area contributed by atoms with Crippen LogP contribution in [0.15, 0.2) is 66.7 Å². The van der Waals surface area contributed by atoms with Crippen LogP contribution in [0.25, 0.3) is 0 Å². The van der Waals surface area contributed by atoms with Crippen LogP contribution in [0.2, 0.25) is 11.1 Å². The van der Waals surface area contributed by atoms with Crippen LogP contribution in [-0.4, -0.2) is 36.4 Å². The number of benzene rings is 2. The van der Waals surface area contributed by atoms with Gasteiger partial charge in [-0.1, -0.05) is 91.8 Å². The average molecular weight is 369 g/mol. The molecule has 0 saturated carbocycles. The van der Waals surface area contributed by atoms with Gasteiger partial charge in [0.05, 0.1) is 12.2 Å². The smallest absolute Gasteiger partial charge is 0.125 e. The lowest BCUT2D eigenvalue weighted by Crippen LogP contribution is -2.66. The molecular formula is C22H28O3Si. The van der Waals surface area contributed by atoms with Crippen molar-refractivity contribution in [3.63, 3.8) is 0 Å². The quantitative estimate of drug-likeness (QED) is 0.583. The Morgan fingerprint density at radius 2 is 1.38 bits per heavy atom. The molecule has 2 N–H and O–H groups in total. The summed E-state index contributed by atoms with van der Waals surface area (Å²) < 4.78 is 0. The Hall–Kier alpha value is -1.97. The molecule has 3 nitrogen and oxygen atoms in total. The first-order chi connectivity index (χ1) is 12.3. The first-order valence-corrected chi connectivity index (χ1v) is 11.2. The highest BCUT2D eigenvalue weighted by molar-refractivity contribution is 7.04. The normalized spacial score (nSPS) is 14.3. The molecule has 0 amide bonds. The maximum Gasteiger partial charge on any atom is 0.125 e. The zero-order chi connectivity index (χ0) is 19.2. The van der Waals surface area contributed by atoms with E-state index in [1.54, 1.807) is 5.94 Å². The number of hydrogen-bond acceptors (Lipinski definition) is 3. The Morgan fingerprint density at radius 3 is 1.77 bits per heavy atom. The van der Waals surface area contributed by atoms with Crippen molar-refractivity contribution < 1.29 is 15.0 Å². The summed E-state index contributed by atoms with van der Waals surface area (Å²) in [6, 6.07) is 21.1. The molecule has 4 heteroatoms. The maximum absolute atomic E-state index is 10.8. The lowest BCUT2D eigenvalue weighted by molar-refractivity contribution is 0.0328. The molecule has 0 bridgehead atoms.